The van der Waals surface area contributed by atoms with Gasteiger partial charge >= 0.3 is 4.87 Å². The van der Waals surface area contributed by atoms with Gasteiger partial charge in [0, 0.05) is 31.8 Å². The Hall–Kier alpha value is -3.67. The van der Waals surface area contributed by atoms with E-state index in [1.165, 1.54) is 16.2 Å². The fraction of sp³-hybridized carbons (Fsp3) is 0.314. The van der Waals surface area contributed by atoms with Gasteiger partial charge in [-0.3, -0.25) is 24.1 Å². The molecular formula is C35H30BrN3O5S2. The Balaban J connectivity index is 1.14. The van der Waals surface area contributed by atoms with Crippen molar-refractivity contribution in [3.05, 3.63) is 102 Å². The molecule has 0 radical (unpaired) electrons. The second-order valence-electron chi connectivity index (χ2n) is 12.7. The third-order valence-electron chi connectivity index (χ3n) is 9.98. The topological polar surface area (TPSA) is 109 Å². The second kappa shape index (κ2) is 11.2. The summed E-state index contributed by atoms with van der Waals surface area (Å²) in [5, 5.41) is 3.76. The molecule has 8 nitrogen and oxygen atoms in total. The maximum absolute atomic E-state index is 14.1. The van der Waals surface area contributed by atoms with Crippen molar-refractivity contribution in [3.8, 4) is 5.75 Å². The van der Waals surface area contributed by atoms with E-state index in [1.54, 1.807) is 11.8 Å². The van der Waals surface area contributed by atoms with E-state index in [-0.39, 0.29) is 64.0 Å². The highest BCUT2D eigenvalue weighted by Gasteiger charge is 2.69. The van der Waals surface area contributed by atoms with Gasteiger partial charge in [0.1, 0.15) is 5.75 Å². The number of aromatic nitrogens is 1. The molecule has 1 aromatic heterocycles. The van der Waals surface area contributed by atoms with Crippen LogP contribution in [0.25, 0.3) is 0 Å². The summed E-state index contributed by atoms with van der Waals surface area (Å²) in [7, 11) is 0. The number of thioether (sulfide) groups is 1. The number of carbonyl (C=O) groups excluding carboxylic acids is 3. The maximum Gasteiger partial charge on any atom is 0.305 e. The zero-order valence-corrected chi connectivity index (χ0v) is 28.2. The van der Waals surface area contributed by atoms with Gasteiger partial charge in [-0.2, -0.15) is 0 Å². The van der Waals surface area contributed by atoms with Crippen molar-refractivity contribution in [3.63, 3.8) is 0 Å². The van der Waals surface area contributed by atoms with Crippen molar-refractivity contribution >= 4 is 68.1 Å². The molecular weight excluding hydrogens is 686 g/mol. The van der Waals surface area contributed by atoms with E-state index >= 15 is 0 Å². The number of halogens is 1. The number of hydrogen-bond acceptors (Lipinski definition) is 7. The van der Waals surface area contributed by atoms with Gasteiger partial charge in [-0.1, -0.05) is 57.1 Å². The lowest BCUT2D eigenvalue weighted by molar-refractivity contribution is -0.123. The summed E-state index contributed by atoms with van der Waals surface area (Å²) in [5.74, 6) is -1.01. The molecule has 3 amide bonds. The molecule has 2 aliphatic carbocycles. The SMILES string of the molecule is Cc1ccc(N2C(=O)[C@H]3[C@H]4C[C@@H]([C@@H]3C2=O)[C@@H]2[C@H](c3cc(Br)ccc3OCC(=O)Nc3cccc(C)c3)c3sc(=O)[nH]c3S[C@H]42)cc1. The van der Waals surface area contributed by atoms with Crippen LogP contribution in [0.1, 0.15) is 33.9 Å². The molecule has 2 N–H and O–H groups in total. The number of amides is 3. The molecule has 4 aromatic rings. The highest BCUT2D eigenvalue weighted by atomic mass is 79.9. The fourth-order valence-corrected chi connectivity index (χ4v) is 11.5. The highest BCUT2D eigenvalue weighted by molar-refractivity contribution is 9.10. The van der Waals surface area contributed by atoms with Gasteiger partial charge in [-0.25, -0.2) is 0 Å². The number of ether oxygens (including phenoxy) is 1. The standard InChI is InChI=1S/C35H30BrN3O5S2/c1-16-6-9-20(10-7-16)39-33(41)28-22-14-23(29(28)34(39)42)30-27(22)26(31-32(45-30)38-35(43)46-31)21-13-18(36)8-11-24(21)44-15-25(40)37-19-5-3-4-17(2)12-19/h3-13,22-23,26-30H,14-15H2,1-2H3,(H,37,40)(H,38,43)/t22-,23-,26+,27-,28+,29+,30-/m1/s1. The summed E-state index contributed by atoms with van der Waals surface area (Å²) in [6, 6.07) is 20.9. The van der Waals surface area contributed by atoms with E-state index in [9.17, 15) is 19.2 Å². The molecule has 11 heteroatoms. The third kappa shape index (κ3) is 4.77. The van der Waals surface area contributed by atoms with Crippen molar-refractivity contribution in [1.29, 1.82) is 0 Å². The van der Waals surface area contributed by atoms with Crippen LogP contribution in [0, 0.1) is 43.4 Å². The number of imide groups is 1. The Morgan fingerprint density at radius 3 is 2.50 bits per heavy atom. The van der Waals surface area contributed by atoms with Crippen LogP contribution in [-0.2, 0) is 14.4 Å². The predicted molar refractivity (Wildman–Crippen MR) is 182 cm³/mol. The van der Waals surface area contributed by atoms with Gasteiger partial charge in [0.25, 0.3) is 5.91 Å². The minimum absolute atomic E-state index is 0.00249. The minimum Gasteiger partial charge on any atom is -0.483 e. The van der Waals surface area contributed by atoms with Gasteiger partial charge < -0.3 is 15.0 Å². The first-order valence-electron chi connectivity index (χ1n) is 15.3. The first kappa shape index (κ1) is 29.7. The summed E-state index contributed by atoms with van der Waals surface area (Å²) in [6.45, 7) is 3.75. The van der Waals surface area contributed by atoms with E-state index in [0.29, 0.717) is 17.1 Å². The molecule has 234 valence electrons. The molecule has 0 unspecified atom stereocenters. The molecule has 8 rings (SSSR count). The number of aromatic amines is 1. The minimum atomic E-state index is -0.406. The highest BCUT2D eigenvalue weighted by Crippen LogP contribution is 2.69. The van der Waals surface area contributed by atoms with E-state index in [2.05, 4.69) is 26.2 Å². The Labute approximate surface area is 282 Å². The molecule has 7 atom stereocenters. The predicted octanol–water partition coefficient (Wildman–Crippen LogP) is 6.51. The number of nitrogens with zero attached hydrogens (tertiary/aromatic N) is 1. The second-order valence-corrected chi connectivity index (χ2v) is 15.8. The summed E-state index contributed by atoms with van der Waals surface area (Å²) in [6.07, 6.45) is 0.787. The largest absolute Gasteiger partial charge is 0.483 e. The van der Waals surface area contributed by atoms with Crippen molar-refractivity contribution in [1.82, 2.24) is 4.98 Å². The van der Waals surface area contributed by atoms with Gasteiger partial charge in [0.15, 0.2) is 6.61 Å². The van der Waals surface area contributed by atoms with Crippen molar-refractivity contribution in [2.24, 2.45) is 29.6 Å². The summed E-state index contributed by atoms with van der Waals surface area (Å²) in [5.41, 5.74) is 4.29. The fourth-order valence-electron chi connectivity index (χ4n) is 8.27. The Morgan fingerprint density at radius 2 is 1.74 bits per heavy atom. The molecule has 1 saturated heterocycles. The zero-order valence-electron chi connectivity index (χ0n) is 25.0. The van der Waals surface area contributed by atoms with Crippen LogP contribution in [0.5, 0.6) is 5.75 Å². The lowest BCUT2D eigenvalue weighted by Crippen LogP contribution is -2.42. The number of anilines is 2. The lowest BCUT2D eigenvalue weighted by atomic mass is 9.68. The van der Waals surface area contributed by atoms with Crippen LogP contribution in [0.2, 0.25) is 0 Å². The van der Waals surface area contributed by atoms with E-state index in [1.807, 2.05) is 80.6 Å². The van der Waals surface area contributed by atoms with Crippen LogP contribution in [0.3, 0.4) is 0 Å². The van der Waals surface area contributed by atoms with E-state index in [4.69, 9.17) is 4.74 Å². The van der Waals surface area contributed by atoms with Gasteiger partial charge in [0.05, 0.1) is 22.5 Å². The van der Waals surface area contributed by atoms with Crippen LogP contribution in [-0.4, -0.2) is 34.6 Å². The third-order valence-corrected chi connectivity index (χ3v) is 13.1. The van der Waals surface area contributed by atoms with Crippen molar-refractivity contribution < 1.29 is 19.1 Å². The lowest BCUT2D eigenvalue weighted by Gasteiger charge is -2.43. The van der Waals surface area contributed by atoms with Crippen molar-refractivity contribution in [2.45, 2.75) is 36.5 Å². The number of thiazole rings is 1. The Bertz CT molecular complexity index is 1970. The van der Waals surface area contributed by atoms with Crippen LogP contribution >= 0.6 is 39.0 Å². The number of nitrogens with one attached hydrogen (secondary N) is 2. The Morgan fingerprint density at radius 1 is 0.978 bits per heavy atom. The number of H-pyrrole nitrogens is 1. The van der Waals surface area contributed by atoms with E-state index in [0.717, 1.165) is 37.5 Å². The molecule has 2 saturated carbocycles. The number of aryl methyl sites for hydroxylation is 2. The van der Waals surface area contributed by atoms with E-state index < -0.39 is 5.92 Å². The molecule has 2 bridgehead atoms. The molecule has 3 aromatic carbocycles. The zero-order chi connectivity index (χ0) is 31.9. The number of rotatable bonds is 6. The average Bonchev–Trinajstić information content (AvgIpc) is 3.76. The number of hydrogen-bond donors (Lipinski definition) is 2. The Kier molecular flexibility index (Phi) is 7.26. The van der Waals surface area contributed by atoms with Gasteiger partial charge in [-0.15, -0.1) is 11.8 Å². The van der Waals surface area contributed by atoms with Crippen LogP contribution in [0.4, 0.5) is 11.4 Å². The summed E-state index contributed by atoms with van der Waals surface area (Å²) in [4.78, 5) is 58.9. The molecule has 3 fully saturated rings. The van der Waals surface area contributed by atoms with Crippen LogP contribution < -0.4 is 19.8 Å². The number of fused-ring (bicyclic) bond motifs is 9. The maximum atomic E-state index is 14.1. The smallest absolute Gasteiger partial charge is 0.305 e. The molecule has 2 aliphatic heterocycles. The normalized spacial score (nSPS) is 27.4. The summed E-state index contributed by atoms with van der Waals surface area (Å²) >= 11 is 6.48. The first-order valence-corrected chi connectivity index (χ1v) is 17.8. The first-order chi connectivity index (χ1) is 22.2. The molecule has 46 heavy (non-hydrogen) atoms. The molecule has 4 aliphatic rings. The van der Waals surface area contributed by atoms with Crippen molar-refractivity contribution in [2.75, 3.05) is 16.8 Å². The van der Waals surface area contributed by atoms with Gasteiger partial charge in [0.2, 0.25) is 11.8 Å². The van der Waals surface area contributed by atoms with Gasteiger partial charge in [-0.05, 0) is 86.1 Å². The average molecular weight is 717 g/mol. The number of carbonyl (C=O) groups is 3. The van der Waals surface area contributed by atoms with Crippen LogP contribution in [0.15, 0.2) is 81.0 Å². The summed E-state index contributed by atoms with van der Waals surface area (Å²) < 4.78 is 7.06. The quantitative estimate of drug-likeness (QED) is 0.221. The monoisotopic (exact) mass is 715 g/mol. The molecule has 3 heterocycles. The molecule has 0 spiro atoms. The number of benzene rings is 3.